The molecular formula is C27H24F3N3O3. The molecule has 0 radical (unpaired) electrons. The minimum atomic E-state index is -4.57. The van der Waals surface area contributed by atoms with E-state index >= 15 is 0 Å². The fourth-order valence-corrected chi connectivity index (χ4v) is 3.94. The lowest BCUT2D eigenvalue weighted by molar-refractivity contribution is -0.139. The van der Waals surface area contributed by atoms with E-state index in [-0.39, 0.29) is 28.9 Å². The molecule has 0 aliphatic heterocycles. The number of aliphatic carboxylic acids is 1. The molecule has 1 heterocycles. The molecule has 0 saturated heterocycles. The van der Waals surface area contributed by atoms with Gasteiger partial charge in [-0.2, -0.15) is 18.2 Å². The maximum Gasteiger partial charge on any atom is 0.417 e. The van der Waals surface area contributed by atoms with Crippen LogP contribution in [0.4, 0.5) is 13.2 Å². The summed E-state index contributed by atoms with van der Waals surface area (Å²) in [7, 11) is 0. The molecule has 2 N–H and O–H groups in total. The number of nitrogens with zero attached hydrogens (tertiary/aromatic N) is 2. The van der Waals surface area contributed by atoms with Crippen molar-refractivity contribution in [2.24, 2.45) is 0 Å². The van der Waals surface area contributed by atoms with Crippen LogP contribution >= 0.6 is 0 Å². The minimum absolute atomic E-state index is 0.0266. The second kappa shape index (κ2) is 9.94. The first-order chi connectivity index (χ1) is 17.0. The molecule has 0 aliphatic carbocycles. The van der Waals surface area contributed by atoms with Gasteiger partial charge in [-0.1, -0.05) is 59.8 Å². The van der Waals surface area contributed by atoms with Crippen LogP contribution in [0.1, 0.15) is 36.6 Å². The number of hydrogen-bond donors (Lipinski definition) is 2. The predicted molar refractivity (Wildman–Crippen MR) is 129 cm³/mol. The minimum Gasteiger partial charge on any atom is -0.480 e. The quantitative estimate of drug-likeness (QED) is 0.303. The van der Waals surface area contributed by atoms with Gasteiger partial charge in [0.1, 0.15) is 6.04 Å². The van der Waals surface area contributed by atoms with Crippen molar-refractivity contribution in [3.05, 3.63) is 83.4 Å². The third-order valence-corrected chi connectivity index (χ3v) is 5.97. The average Bonchev–Trinajstić information content (AvgIpc) is 3.34. The Bertz CT molecular complexity index is 1380. The SMILES string of the molecule is Cc1ccccc1-c1ccc(-c2nc(-c3ccc([C@H](C)N[C@H](C)C(=O)O)cc3)no2)cc1C(F)(F)F. The zero-order valence-electron chi connectivity index (χ0n) is 19.8. The van der Waals surface area contributed by atoms with E-state index in [1.807, 2.05) is 6.92 Å². The number of aromatic nitrogens is 2. The standard InChI is InChI=1S/C27H24F3N3O3/c1-15-6-4-5-7-21(15)22-13-12-20(14-23(22)27(28,29)30)25-32-24(33-36-25)19-10-8-18(9-11-19)16(2)31-17(3)26(34)35/h4-14,16-17,31H,1-3H3,(H,34,35)/t16-,17+/m0/s1. The Kier molecular flexibility index (Phi) is 6.94. The summed E-state index contributed by atoms with van der Waals surface area (Å²) in [6, 6.07) is 17.1. The first-order valence-corrected chi connectivity index (χ1v) is 11.2. The third kappa shape index (κ3) is 5.31. The van der Waals surface area contributed by atoms with E-state index in [2.05, 4.69) is 15.5 Å². The summed E-state index contributed by atoms with van der Waals surface area (Å²) in [5, 5.41) is 16.0. The van der Waals surface area contributed by atoms with Gasteiger partial charge in [-0.05, 0) is 55.2 Å². The van der Waals surface area contributed by atoms with Gasteiger partial charge >= 0.3 is 12.1 Å². The summed E-state index contributed by atoms with van der Waals surface area (Å²) in [4.78, 5) is 15.4. The van der Waals surface area contributed by atoms with E-state index in [4.69, 9.17) is 9.63 Å². The molecule has 0 amide bonds. The second-order valence-electron chi connectivity index (χ2n) is 8.57. The van der Waals surface area contributed by atoms with Gasteiger partial charge in [0.2, 0.25) is 5.82 Å². The van der Waals surface area contributed by atoms with E-state index in [1.54, 1.807) is 62.4 Å². The molecule has 4 aromatic rings. The van der Waals surface area contributed by atoms with Crippen LogP contribution in [-0.4, -0.2) is 27.3 Å². The van der Waals surface area contributed by atoms with Gasteiger partial charge in [0.15, 0.2) is 0 Å². The Balaban J connectivity index is 1.61. The number of hydrogen-bond acceptors (Lipinski definition) is 5. The lowest BCUT2D eigenvalue weighted by Crippen LogP contribution is -2.35. The van der Waals surface area contributed by atoms with Crippen LogP contribution in [0.25, 0.3) is 34.0 Å². The van der Waals surface area contributed by atoms with Crippen molar-refractivity contribution in [3.8, 4) is 34.0 Å². The topological polar surface area (TPSA) is 88.2 Å². The molecule has 0 unspecified atom stereocenters. The highest BCUT2D eigenvalue weighted by atomic mass is 19.4. The van der Waals surface area contributed by atoms with Gasteiger partial charge in [0.05, 0.1) is 5.56 Å². The van der Waals surface area contributed by atoms with E-state index < -0.39 is 23.8 Å². The zero-order chi connectivity index (χ0) is 26.0. The summed E-state index contributed by atoms with van der Waals surface area (Å²) < 4.78 is 47.2. The lowest BCUT2D eigenvalue weighted by atomic mass is 9.94. The van der Waals surface area contributed by atoms with Crippen LogP contribution in [-0.2, 0) is 11.0 Å². The van der Waals surface area contributed by atoms with Gasteiger partial charge in [-0.25, -0.2) is 0 Å². The van der Waals surface area contributed by atoms with Gasteiger partial charge in [0, 0.05) is 17.2 Å². The normalized spacial score (nSPS) is 13.4. The molecule has 6 nitrogen and oxygen atoms in total. The Hall–Kier alpha value is -3.98. The average molecular weight is 496 g/mol. The molecule has 0 spiro atoms. The van der Waals surface area contributed by atoms with Crippen LogP contribution in [0.2, 0.25) is 0 Å². The van der Waals surface area contributed by atoms with E-state index in [1.165, 1.54) is 12.1 Å². The molecule has 36 heavy (non-hydrogen) atoms. The highest BCUT2D eigenvalue weighted by Crippen LogP contribution is 2.40. The number of aryl methyl sites for hydroxylation is 1. The summed E-state index contributed by atoms with van der Waals surface area (Å²) in [5.74, 6) is -0.743. The Morgan fingerprint density at radius 3 is 2.28 bits per heavy atom. The Morgan fingerprint density at radius 1 is 0.972 bits per heavy atom. The lowest BCUT2D eigenvalue weighted by Gasteiger charge is -2.17. The Morgan fingerprint density at radius 2 is 1.64 bits per heavy atom. The van der Waals surface area contributed by atoms with Crippen molar-refractivity contribution in [1.29, 1.82) is 0 Å². The highest BCUT2D eigenvalue weighted by molar-refractivity contribution is 5.75. The number of alkyl halides is 3. The Labute approximate surface area is 205 Å². The maximum absolute atomic E-state index is 14.0. The van der Waals surface area contributed by atoms with Crippen molar-refractivity contribution in [1.82, 2.24) is 15.5 Å². The van der Waals surface area contributed by atoms with Crippen LogP contribution in [0, 0.1) is 6.92 Å². The summed E-state index contributed by atoms with van der Waals surface area (Å²) >= 11 is 0. The number of benzene rings is 3. The van der Waals surface area contributed by atoms with Crippen molar-refractivity contribution in [2.75, 3.05) is 0 Å². The van der Waals surface area contributed by atoms with Gasteiger partial charge < -0.3 is 9.63 Å². The molecule has 186 valence electrons. The smallest absolute Gasteiger partial charge is 0.417 e. The number of halogens is 3. The molecule has 9 heteroatoms. The van der Waals surface area contributed by atoms with Crippen LogP contribution < -0.4 is 5.32 Å². The van der Waals surface area contributed by atoms with E-state index in [9.17, 15) is 18.0 Å². The molecular weight excluding hydrogens is 471 g/mol. The second-order valence-corrected chi connectivity index (χ2v) is 8.57. The van der Waals surface area contributed by atoms with Crippen LogP contribution in [0.5, 0.6) is 0 Å². The number of carbonyl (C=O) groups is 1. The van der Waals surface area contributed by atoms with Crippen molar-refractivity contribution in [3.63, 3.8) is 0 Å². The largest absolute Gasteiger partial charge is 0.480 e. The summed E-state index contributed by atoms with van der Waals surface area (Å²) in [5.41, 5.74) is 2.17. The number of carboxylic acid groups (broad SMARTS) is 1. The first kappa shape index (κ1) is 25.1. The third-order valence-electron chi connectivity index (χ3n) is 5.97. The summed E-state index contributed by atoms with van der Waals surface area (Å²) in [6.07, 6.45) is -4.57. The maximum atomic E-state index is 14.0. The fourth-order valence-electron chi connectivity index (χ4n) is 3.94. The van der Waals surface area contributed by atoms with Gasteiger partial charge in [-0.15, -0.1) is 0 Å². The molecule has 0 saturated carbocycles. The number of carboxylic acids is 1. The first-order valence-electron chi connectivity index (χ1n) is 11.2. The molecule has 4 rings (SSSR count). The fraction of sp³-hybridized carbons (Fsp3) is 0.222. The highest BCUT2D eigenvalue weighted by Gasteiger charge is 2.34. The summed E-state index contributed by atoms with van der Waals surface area (Å²) in [6.45, 7) is 5.17. The van der Waals surface area contributed by atoms with Crippen molar-refractivity contribution >= 4 is 5.97 Å². The van der Waals surface area contributed by atoms with Gasteiger partial charge in [-0.3, -0.25) is 10.1 Å². The van der Waals surface area contributed by atoms with Crippen molar-refractivity contribution in [2.45, 2.75) is 39.0 Å². The molecule has 0 aliphatic rings. The monoisotopic (exact) mass is 495 g/mol. The van der Waals surface area contributed by atoms with E-state index in [0.717, 1.165) is 17.2 Å². The molecule has 2 atom stereocenters. The van der Waals surface area contributed by atoms with Crippen LogP contribution in [0.3, 0.4) is 0 Å². The zero-order valence-corrected chi connectivity index (χ0v) is 19.8. The number of nitrogens with one attached hydrogen (secondary N) is 1. The molecule has 0 bridgehead atoms. The van der Waals surface area contributed by atoms with Gasteiger partial charge in [0.25, 0.3) is 5.89 Å². The molecule has 3 aromatic carbocycles. The number of rotatable bonds is 7. The molecule has 0 fully saturated rings. The molecule has 1 aromatic heterocycles. The van der Waals surface area contributed by atoms with Crippen molar-refractivity contribution < 1.29 is 27.6 Å². The van der Waals surface area contributed by atoms with E-state index in [0.29, 0.717) is 11.1 Å². The predicted octanol–water partition coefficient (Wildman–Crippen LogP) is 6.52. The van der Waals surface area contributed by atoms with Crippen LogP contribution in [0.15, 0.2) is 71.3 Å².